The fraction of sp³-hybridized carbons (Fsp3) is 0.400. The highest BCUT2D eigenvalue weighted by atomic mass is 28.3. The van der Waals surface area contributed by atoms with Crippen molar-refractivity contribution in [1.82, 2.24) is 0 Å². The molecule has 0 bridgehead atoms. The van der Waals surface area contributed by atoms with Crippen LogP contribution in [0.15, 0.2) is 18.2 Å². The molecule has 1 aromatic rings. The number of hydrogen-bond acceptors (Lipinski definition) is 2. The Morgan fingerprint density at radius 2 is 1.86 bits per heavy atom. The maximum Gasteiger partial charge on any atom is 0.269 e. The summed E-state index contributed by atoms with van der Waals surface area (Å²) >= 11 is 0. The van der Waals surface area contributed by atoms with E-state index in [9.17, 15) is 10.1 Å². The third-order valence-electron chi connectivity index (χ3n) is 2.23. The minimum Gasteiger partial charge on any atom is -0.258 e. The number of nitrogens with zero attached hydrogens (tertiary/aromatic N) is 1. The molecule has 0 fully saturated rings. The van der Waals surface area contributed by atoms with Crippen LogP contribution in [0.3, 0.4) is 0 Å². The van der Waals surface area contributed by atoms with Gasteiger partial charge >= 0.3 is 0 Å². The molecule has 1 rings (SSSR count). The van der Waals surface area contributed by atoms with Crippen LogP contribution in [0, 0.1) is 17.0 Å². The molecule has 0 saturated carbocycles. The molecule has 0 aliphatic rings. The molecule has 0 saturated heterocycles. The molecule has 14 heavy (non-hydrogen) atoms. The smallest absolute Gasteiger partial charge is 0.258 e. The van der Waals surface area contributed by atoms with Crippen LogP contribution in [0.25, 0.3) is 0 Å². The van der Waals surface area contributed by atoms with E-state index in [1.54, 1.807) is 12.1 Å². The first-order chi connectivity index (χ1) is 6.32. The van der Waals surface area contributed by atoms with Gasteiger partial charge in [-0.1, -0.05) is 30.9 Å². The minimum absolute atomic E-state index is 0.185. The van der Waals surface area contributed by atoms with Gasteiger partial charge in [-0.3, -0.25) is 10.1 Å². The Morgan fingerprint density at radius 1 is 1.29 bits per heavy atom. The monoisotopic (exact) mass is 209 g/mol. The first-order valence-corrected chi connectivity index (χ1v) is 8.08. The van der Waals surface area contributed by atoms with E-state index < -0.39 is 8.07 Å². The summed E-state index contributed by atoms with van der Waals surface area (Å²) in [5.74, 6) is 0. The molecular weight excluding hydrogens is 194 g/mol. The molecule has 0 aliphatic carbocycles. The third-order valence-corrected chi connectivity index (χ3v) is 4.41. The van der Waals surface area contributed by atoms with Crippen LogP contribution in [0.5, 0.6) is 0 Å². The van der Waals surface area contributed by atoms with Gasteiger partial charge < -0.3 is 0 Å². The van der Waals surface area contributed by atoms with Crippen molar-refractivity contribution in [3.8, 4) is 0 Å². The predicted molar refractivity (Wildman–Crippen MR) is 60.8 cm³/mol. The molecule has 0 heterocycles. The Labute approximate surface area is 84.9 Å². The lowest BCUT2D eigenvalue weighted by atomic mass is 10.2. The lowest BCUT2D eigenvalue weighted by molar-refractivity contribution is -0.384. The second-order valence-electron chi connectivity index (χ2n) is 4.51. The fourth-order valence-corrected chi connectivity index (χ4v) is 3.44. The molecular formula is C10H15NO2Si. The number of nitro groups is 1. The standard InChI is InChI=1S/C10H15NO2Si/c1-8-7-9(11(12)13)5-6-10(8)14(2,3)4/h5-7H,1-4H3. The van der Waals surface area contributed by atoms with Crippen molar-refractivity contribution in [2.24, 2.45) is 0 Å². The first-order valence-electron chi connectivity index (χ1n) is 4.58. The highest BCUT2D eigenvalue weighted by molar-refractivity contribution is 6.89. The molecule has 0 aromatic heterocycles. The van der Waals surface area contributed by atoms with E-state index in [1.807, 2.05) is 13.0 Å². The Balaban J connectivity index is 3.21. The molecule has 0 aliphatic heterocycles. The topological polar surface area (TPSA) is 43.1 Å². The lowest BCUT2D eigenvalue weighted by Crippen LogP contribution is -2.39. The van der Waals surface area contributed by atoms with Gasteiger partial charge in [0, 0.05) is 12.1 Å². The maximum atomic E-state index is 10.5. The van der Waals surface area contributed by atoms with Gasteiger partial charge in [0.2, 0.25) is 0 Å². The molecule has 4 heteroatoms. The van der Waals surface area contributed by atoms with Crippen LogP contribution in [0.1, 0.15) is 5.56 Å². The molecule has 0 radical (unpaired) electrons. The number of hydrogen-bond donors (Lipinski definition) is 0. The second-order valence-corrected chi connectivity index (χ2v) is 9.55. The number of benzene rings is 1. The quantitative estimate of drug-likeness (QED) is 0.426. The Kier molecular flexibility index (Phi) is 2.75. The normalized spacial score (nSPS) is 11.4. The van der Waals surface area contributed by atoms with E-state index in [0.717, 1.165) is 5.56 Å². The summed E-state index contributed by atoms with van der Waals surface area (Å²) in [4.78, 5) is 10.2. The van der Waals surface area contributed by atoms with Crippen molar-refractivity contribution in [2.75, 3.05) is 0 Å². The van der Waals surface area contributed by atoms with Gasteiger partial charge in [0.15, 0.2) is 0 Å². The summed E-state index contributed by atoms with van der Waals surface area (Å²) in [5, 5.41) is 11.8. The molecule has 0 N–H and O–H groups in total. The molecule has 3 nitrogen and oxygen atoms in total. The third kappa shape index (κ3) is 2.20. The molecule has 76 valence electrons. The fourth-order valence-electron chi connectivity index (χ4n) is 1.60. The van der Waals surface area contributed by atoms with Crippen LogP contribution >= 0.6 is 0 Å². The first kappa shape index (κ1) is 10.9. The van der Waals surface area contributed by atoms with Crippen molar-refractivity contribution in [1.29, 1.82) is 0 Å². The highest BCUT2D eigenvalue weighted by Crippen LogP contribution is 2.14. The molecule has 0 amide bonds. The van der Waals surface area contributed by atoms with Gasteiger partial charge in [0.25, 0.3) is 5.69 Å². The van der Waals surface area contributed by atoms with Gasteiger partial charge in [0.05, 0.1) is 13.0 Å². The van der Waals surface area contributed by atoms with Crippen molar-refractivity contribution < 1.29 is 4.92 Å². The molecule has 1 aromatic carbocycles. The zero-order chi connectivity index (χ0) is 10.9. The highest BCUT2D eigenvalue weighted by Gasteiger charge is 2.20. The summed E-state index contributed by atoms with van der Waals surface area (Å²) in [6.45, 7) is 8.66. The minimum atomic E-state index is -1.36. The van der Waals surface area contributed by atoms with Crippen LogP contribution in [0.4, 0.5) is 5.69 Å². The van der Waals surface area contributed by atoms with E-state index in [2.05, 4.69) is 19.6 Å². The Morgan fingerprint density at radius 3 is 2.21 bits per heavy atom. The van der Waals surface area contributed by atoms with Crippen molar-refractivity contribution in [2.45, 2.75) is 26.6 Å². The number of non-ortho nitro benzene ring substituents is 1. The molecule has 0 spiro atoms. The van der Waals surface area contributed by atoms with Crippen LogP contribution < -0.4 is 5.19 Å². The van der Waals surface area contributed by atoms with Crippen LogP contribution in [-0.4, -0.2) is 13.0 Å². The van der Waals surface area contributed by atoms with E-state index >= 15 is 0 Å². The number of nitro benzene ring substituents is 1. The Hall–Kier alpha value is -1.16. The SMILES string of the molecule is Cc1cc([N+](=O)[O-])ccc1[Si](C)(C)C. The van der Waals surface area contributed by atoms with E-state index in [1.165, 1.54) is 5.19 Å². The van der Waals surface area contributed by atoms with E-state index in [4.69, 9.17) is 0 Å². The van der Waals surface area contributed by atoms with Crippen LogP contribution in [0.2, 0.25) is 19.6 Å². The van der Waals surface area contributed by atoms with Gasteiger partial charge in [-0.15, -0.1) is 0 Å². The average Bonchev–Trinajstić information content (AvgIpc) is 2.01. The molecule has 0 unspecified atom stereocenters. The van der Waals surface area contributed by atoms with E-state index in [0.29, 0.717) is 0 Å². The molecule has 0 atom stereocenters. The van der Waals surface area contributed by atoms with Crippen molar-refractivity contribution in [3.63, 3.8) is 0 Å². The van der Waals surface area contributed by atoms with Gasteiger partial charge in [-0.25, -0.2) is 0 Å². The maximum absolute atomic E-state index is 10.5. The van der Waals surface area contributed by atoms with Crippen molar-refractivity contribution >= 4 is 18.9 Å². The number of aryl methyl sites for hydroxylation is 1. The zero-order valence-corrected chi connectivity index (χ0v) is 10.00. The summed E-state index contributed by atoms with van der Waals surface area (Å²) in [6, 6.07) is 5.16. The lowest BCUT2D eigenvalue weighted by Gasteiger charge is -2.18. The zero-order valence-electron chi connectivity index (χ0n) is 9.00. The largest absolute Gasteiger partial charge is 0.269 e. The summed E-state index contributed by atoms with van der Waals surface area (Å²) < 4.78 is 0. The summed E-state index contributed by atoms with van der Waals surface area (Å²) in [6.07, 6.45) is 0. The number of rotatable bonds is 2. The van der Waals surface area contributed by atoms with Crippen LogP contribution in [-0.2, 0) is 0 Å². The summed E-state index contributed by atoms with van der Waals surface area (Å²) in [7, 11) is -1.36. The van der Waals surface area contributed by atoms with Crippen molar-refractivity contribution in [3.05, 3.63) is 33.9 Å². The van der Waals surface area contributed by atoms with Gasteiger partial charge in [0.1, 0.15) is 0 Å². The second kappa shape index (κ2) is 3.53. The van der Waals surface area contributed by atoms with E-state index in [-0.39, 0.29) is 10.6 Å². The predicted octanol–water partition coefficient (Wildman–Crippen LogP) is 2.45. The van der Waals surface area contributed by atoms with Gasteiger partial charge in [-0.05, 0) is 12.5 Å². The Bertz CT molecular complexity index is 369. The average molecular weight is 209 g/mol. The summed E-state index contributed by atoms with van der Waals surface area (Å²) in [5.41, 5.74) is 1.22. The van der Waals surface area contributed by atoms with Gasteiger partial charge in [-0.2, -0.15) is 0 Å².